The van der Waals surface area contributed by atoms with E-state index in [9.17, 15) is 4.39 Å². The number of anilines is 1. The topological polar surface area (TPSA) is 115 Å². The smallest absolute Gasteiger partial charge is 0.414 e. The number of nitrogens with zero attached hydrogens (tertiary/aromatic N) is 2. The van der Waals surface area contributed by atoms with Crippen molar-refractivity contribution in [2.75, 3.05) is 50.8 Å². The molecule has 1 aromatic heterocycles. The van der Waals surface area contributed by atoms with Gasteiger partial charge in [0, 0.05) is 49.8 Å². The molecule has 2 aliphatic heterocycles. The van der Waals surface area contributed by atoms with Crippen molar-refractivity contribution in [1.82, 2.24) is 9.88 Å². The molecule has 180 valence electrons. The highest BCUT2D eigenvalue weighted by atomic mass is 19.1. The van der Waals surface area contributed by atoms with Crippen molar-refractivity contribution in [3.05, 3.63) is 54.0 Å². The molecule has 0 spiro atoms. The predicted octanol–water partition coefficient (Wildman–Crippen LogP) is 2.60. The summed E-state index contributed by atoms with van der Waals surface area (Å²) in [6.45, 7) is 6.12. The number of hydrogen-bond acceptors (Lipinski definition) is 6. The van der Waals surface area contributed by atoms with Crippen LogP contribution in [0.5, 0.6) is 11.5 Å². The van der Waals surface area contributed by atoms with Crippen molar-refractivity contribution in [2.45, 2.75) is 6.42 Å². The van der Waals surface area contributed by atoms with Gasteiger partial charge in [0.1, 0.15) is 19.0 Å². The van der Waals surface area contributed by atoms with E-state index in [2.05, 4.69) is 20.9 Å². The largest absolute Gasteiger partial charge is 0.486 e. The van der Waals surface area contributed by atoms with E-state index >= 15 is 0 Å². The molecular formula is C24H26FN3O6. The monoisotopic (exact) mass is 471 g/mol. The average Bonchev–Trinajstić information content (AvgIpc) is 3.25. The first kappa shape index (κ1) is 23.4. The van der Waals surface area contributed by atoms with E-state index in [0.29, 0.717) is 13.2 Å². The molecule has 3 N–H and O–H groups in total. The molecular weight excluding hydrogens is 445 g/mol. The van der Waals surface area contributed by atoms with E-state index in [-0.39, 0.29) is 5.82 Å². The Bertz CT molecular complexity index is 1160. The van der Waals surface area contributed by atoms with Gasteiger partial charge in [0.2, 0.25) is 0 Å². The van der Waals surface area contributed by atoms with E-state index in [1.165, 1.54) is 11.6 Å². The van der Waals surface area contributed by atoms with Crippen LogP contribution in [0.15, 0.2) is 42.6 Å². The fraction of sp³-hybridized carbons (Fsp3) is 0.333. The second-order valence-corrected chi connectivity index (χ2v) is 7.99. The van der Waals surface area contributed by atoms with Gasteiger partial charge in [-0.25, -0.2) is 14.0 Å². The van der Waals surface area contributed by atoms with Crippen molar-refractivity contribution < 1.29 is 33.7 Å². The summed E-state index contributed by atoms with van der Waals surface area (Å²) in [6, 6.07) is 11.0. The van der Waals surface area contributed by atoms with Gasteiger partial charge in [-0.2, -0.15) is 0 Å². The molecule has 0 amide bonds. The Kier molecular flexibility index (Phi) is 7.17. The van der Waals surface area contributed by atoms with Gasteiger partial charge in [0.15, 0.2) is 11.5 Å². The molecule has 34 heavy (non-hydrogen) atoms. The van der Waals surface area contributed by atoms with Crippen LogP contribution in [0.3, 0.4) is 0 Å². The number of aromatic nitrogens is 1. The zero-order valence-electron chi connectivity index (χ0n) is 18.5. The van der Waals surface area contributed by atoms with Crippen LogP contribution in [0, 0.1) is 5.82 Å². The van der Waals surface area contributed by atoms with E-state index in [1.54, 1.807) is 12.1 Å². The summed E-state index contributed by atoms with van der Waals surface area (Å²) >= 11 is 0. The summed E-state index contributed by atoms with van der Waals surface area (Å²) in [5.74, 6) is -2.11. The number of rotatable bonds is 4. The predicted molar refractivity (Wildman–Crippen MR) is 123 cm³/mol. The minimum absolute atomic E-state index is 0.181. The molecule has 2 aromatic carbocycles. The molecule has 9 nitrogen and oxygen atoms in total. The number of fused-ring (bicyclic) bond motifs is 2. The number of aromatic amines is 1. The SMILES string of the molecule is Fc1ccc2[nH]cc(CCN3CCN(c4cccc5c4OCCO5)CC3)c2c1.O=C(O)C(=O)O. The molecule has 0 aliphatic carbocycles. The molecule has 0 bridgehead atoms. The van der Waals surface area contributed by atoms with E-state index < -0.39 is 11.9 Å². The van der Waals surface area contributed by atoms with Gasteiger partial charge < -0.3 is 29.6 Å². The first-order valence-corrected chi connectivity index (χ1v) is 11.0. The van der Waals surface area contributed by atoms with Gasteiger partial charge in [0.25, 0.3) is 0 Å². The standard InChI is InChI=1S/C22H24FN3O2.C2H2O4/c23-17-4-5-19-18(14-17)16(15-24-19)6-7-25-8-10-26(11-9-25)20-2-1-3-21-22(20)28-13-12-27-21;3-1(4)2(5)6/h1-5,14-15,24H,6-13H2;(H,3,4)(H,5,6). The van der Waals surface area contributed by atoms with Crippen LogP contribution in [-0.4, -0.2) is 78.0 Å². The minimum atomic E-state index is -1.82. The van der Waals surface area contributed by atoms with E-state index in [0.717, 1.165) is 67.2 Å². The molecule has 3 aromatic rings. The first-order valence-electron chi connectivity index (χ1n) is 11.0. The lowest BCUT2D eigenvalue weighted by Gasteiger charge is -2.37. The van der Waals surface area contributed by atoms with Crippen molar-refractivity contribution >= 4 is 28.5 Å². The average molecular weight is 471 g/mol. The van der Waals surface area contributed by atoms with Gasteiger partial charge in [-0.05, 0) is 42.3 Å². The number of aliphatic carboxylic acids is 2. The molecule has 1 fully saturated rings. The third-order valence-electron chi connectivity index (χ3n) is 5.87. The fourth-order valence-electron chi connectivity index (χ4n) is 4.16. The van der Waals surface area contributed by atoms with Crippen LogP contribution in [0.2, 0.25) is 0 Å². The molecule has 0 unspecified atom stereocenters. The number of hydrogen-bond donors (Lipinski definition) is 3. The Labute approximate surface area is 195 Å². The van der Waals surface area contributed by atoms with Gasteiger partial charge in [-0.1, -0.05) is 6.07 Å². The molecule has 0 saturated carbocycles. The maximum Gasteiger partial charge on any atom is 0.414 e. The Balaban J connectivity index is 0.000000408. The first-order chi connectivity index (χ1) is 16.4. The summed E-state index contributed by atoms with van der Waals surface area (Å²) in [7, 11) is 0. The van der Waals surface area contributed by atoms with E-state index in [4.69, 9.17) is 29.3 Å². The normalized spacial score (nSPS) is 15.5. The Morgan fingerprint density at radius 1 is 1.00 bits per heavy atom. The molecule has 5 rings (SSSR count). The van der Waals surface area contributed by atoms with Crippen molar-refractivity contribution in [1.29, 1.82) is 0 Å². The summed E-state index contributed by atoms with van der Waals surface area (Å²) < 4.78 is 25.1. The molecule has 10 heteroatoms. The third kappa shape index (κ3) is 5.40. The zero-order chi connectivity index (χ0) is 24.1. The number of nitrogens with one attached hydrogen (secondary N) is 1. The number of carbonyl (C=O) groups is 2. The maximum atomic E-state index is 13.6. The number of carboxylic acids is 2. The highest BCUT2D eigenvalue weighted by Crippen LogP contribution is 2.39. The van der Waals surface area contributed by atoms with Crippen LogP contribution in [0.25, 0.3) is 10.9 Å². The summed E-state index contributed by atoms with van der Waals surface area (Å²) in [5.41, 5.74) is 3.31. The lowest BCUT2D eigenvalue weighted by Crippen LogP contribution is -2.47. The molecule has 3 heterocycles. The Morgan fingerprint density at radius 3 is 2.47 bits per heavy atom. The molecule has 0 radical (unpaired) electrons. The third-order valence-corrected chi connectivity index (χ3v) is 5.87. The van der Waals surface area contributed by atoms with E-state index in [1.807, 2.05) is 18.3 Å². The lowest BCUT2D eigenvalue weighted by molar-refractivity contribution is -0.159. The second kappa shape index (κ2) is 10.4. The summed E-state index contributed by atoms with van der Waals surface area (Å²) in [5, 5.41) is 15.8. The van der Waals surface area contributed by atoms with Crippen molar-refractivity contribution in [3.63, 3.8) is 0 Å². The number of para-hydroxylation sites is 1. The Hall–Kier alpha value is -3.79. The quantitative estimate of drug-likeness (QED) is 0.498. The number of H-pyrrole nitrogens is 1. The number of ether oxygens (including phenoxy) is 2. The van der Waals surface area contributed by atoms with Gasteiger partial charge >= 0.3 is 11.9 Å². The van der Waals surface area contributed by atoms with Gasteiger partial charge in [-0.3, -0.25) is 4.90 Å². The van der Waals surface area contributed by atoms with Crippen LogP contribution in [-0.2, 0) is 16.0 Å². The van der Waals surface area contributed by atoms with Gasteiger partial charge in [0.05, 0.1) is 5.69 Å². The molecule has 0 atom stereocenters. The second-order valence-electron chi connectivity index (χ2n) is 7.99. The molecule has 2 aliphatic rings. The summed E-state index contributed by atoms with van der Waals surface area (Å²) in [6.07, 6.45) is 2.93. The number of piperazine rings is 1. The number of halogens is 1. The van der Waals surface area contributed by atoms with Crippen LogP contribution >= 0.6 is 0 Å². The highest BCUT2D eigenvalue weighted by molar-refractivity contribution is 6.27. The van der Waals surface area contributed by atoms with Crippen molar-refractivity contribution in [2.24, 2.45) is 0 Å². The number of benzene rings is 2. The molecule has 1 saturated heterocycles. The van der Waals surface area contributed by atoms with Gasteiger partial charge in [-0.15, -0.1) is 0 Å². The maximum absolute atomic E-state index is 13.6. The highest BCUT2D eigenvalue weighted by Gasteiger charge is 2.23. The summed E-state index contributed by atoms with van der Waals surface area (Å²) in [4.78, 5) is 26.3. The fourth-order valence-corrected chi connectivity index (χ4v) is 4.16. The van der Waals surface area contributed by atoms with Crippen LogP contribution < -0.4 is 14.4 Å². The minimum Gasteiger partial charge on any atom is -0.486 e. The number of carboxylic acid groups (broad SMARTS) is 2. The van der Waals surface area contributed by atoms with Crippen molar-refractivity contribution in [3.8, 4) is 11.5 Å². The lowest BCUT2D eigenvalue weighted by atomic mass is 10.1. The zero-order valence-corrected chi connectivity index (χ0v) is 18.5. The van der Waals surface area contributed by atoms with Crippen LogP contribution in [0.1, 0.15) is 5.56 Å². The van der Waals surface area contributed by atoms with Crippen LogP contribution in [0.4, 0.5) is 10.1 Å². The Morgan fingerprint density at radius 2 is 1.74 bits per heavy atom.